The predicted molar refractivity (Wildman–Crippen MR) is 54.3 cm³/mol. The number of hydrogen-bond donors (Lipinski definition) is 1. The second-order valence-electron chi connectivity index (χ2n) is 2.38. The van der Waals surface area contributed by atoms with Crippen LogP contribution in [0.3, 0.4) is 0 Å². The normalized spacial score (nSPS) is 15.4. The van der Waals surface area contributed by atoms with E-state index in [1.54, 1.807) is 7.05 Å². The molecule has 11 heavy (non-hydrogen) atoms. The van der Waals surface area contributed by atoms with Gasteiger partial charge in [-0.3, -0.25) is 0 Å². The summed E-state index contributed by atoms with van der Waals surface area (Å²) < 4.78 is 23.2. The van der Waals surface area contributed by atoms with Gasteiger partial charge in [0.25, 0.3) is 0 Å². The summed E-state index contributed by atoms with van der Waals surface area (Å²) in [6.45, 7) is 0.982. The van der Waals surface area contributed by atoms with Crippen molar-refractivity contribution in [2.24, 2.45) is 5.73 Å². The molecular weight excluding hydrogens is 279 g/mol. The Morgan fingerprint density at radius 3 is 2.36 bits per heavy atom. The first kappa shape index (κ1) is 11.6. The lowest BCUT2D eigenvalue weighted by Gasteiger charge is -2.16. The Labute approximate surface area is 81.3 Å². The summed E-state index contributed by atoms with van der Waals surface area (Å²) in [5.74, 6) is 0. The van der Waals surface area contributed by atoms with Crippen LogP contribution in [0.15, 0.2) is 0 Å². The van der Waals surface area contributed by atoms with Crippen molar-refractivity contribution in [2.75, 3.05) is 26.4 Å². The molecule has 0 unspecified atom stereocenters. The Morgan fingerprint density at radius 2 is 2.09 bits per heavy atom. The van der Waals surface area contributed by atoms with E-state index in [-0.39, 0.29) is 3.92 Å². The van der Waals surface area contributed by atoms with Gasteiger partial charge in [0.05, 0.1) is 6.26 Å². The van der Waals surface area contributed by atoms with Crippen LogP contribution in [0.4, 0.5) is 0 Å². The molecule has 0 radical (unpaired) electrons. The third-order valence-electron chi connectivity index (χ3n) is 1.28. The van der Waals surface area contributed by atoms with Gasteiger partial charge in [0, 0.05) is 24.1 Å². The Balaban J connectivity index is 3.98. The summed E-state index contributed by atoms with van der Waals surface area (Å²) in [5, 5.41) is 0. The average Bonchev–Trinajstić information content (AvgIpc) is 1.85. The summed E-state index contributed by atoms with van der Waals surface area (Å²) >= 11 is 2.13. The van der Waals surface area contributed by atoms with E-state index in [1.165, 1.54) is 10.6 Å². The molecule has 0 bridgehead atoms. The van der Waals surface area contributed by atoms with E-state index in [4.69, 9.17) is 5.73 Å². The monoisotopic (exact) mass is 292 g/mol. The maximum absolute atomic E-state index is 10.9. The number of alkyl halides is 1. The topological polar surface area (TPSA) is 63.4 Å². The van der Waals surface area contributed by atoms with Crippen LogP contribution in [0.5, 0.6) is 0 Å². The Kier molecular flexibility index (Phi) is 4.83. The maximum atomic E-state index is 10.9. The van der Waals surface area contributed by atoms with Crippen molar-refractivity contribution < 1.29 is 8.42 Å². The summed E-state index contributed by atoms with van der Waals surface area (Å²) in [6.07, 6.45) is 1.19. The van der Waals surface area contributed by atoms with Crippen LogP contribution in [0.2, 0.25) is 0 Å². The zero-order valence-corrected chi connectivity index (χ0v) is 9.59. The molecule has 0 aromatic rings. The molecule has 0 amide bonds. The van der Waals surface area contributed by atoms with Crippen molar-refractivity contribution in [1.29, 1.82) is 0 Å². The van der Waals surface area contributed by atoms with Gasteiger partial charge in [-0.15, -0.1) is 0 Å². The highest BCUT2D eigenvalue weighted by Gasteiger charge is 2.13. The van der Waals surface area contributed by atoms with Gasteiger partial charge in [0.2, 0.25) is 10.0 Å². The van der Waals surface area contributed by atoms with Gasteiger partial charge in [-0.25, -0.2) is 12.7 Å². The molecule has 0 spiro atoms. The van der Waals surface area contributed by atoms with Crippen LogP contribution in [0, 0.1) is 0 Å². The minimum atomic E-state index is -3.04. The molecule has 68 valence electrons. The van der Waals surface area contributed by atoms with Gasteiger partial charge in [0.15, 0.2) is 0 Å². The first-order chi connectivity index (χ1) is 4.88. The van der Waals surface area contributed by atoms with Crippen LogP contribution in [0.1, 0.15) is 0 Å². The molecule has 0 aliphatic heterocycles. The SMILES string of the molecule is CN(C[C@H](I)CN)S(C)(=O)=O. The highest BCUT2D eigenvalue weighted by Crippen LogP contribution is 2.02. The molecule has 0 saturated carbocycles. The van der Waals surface area contributed by atoms with Gasteiger partial charge in [-0.1, -0.05) is 22.6 Å². The zero-order valence-electron chi connectivity index (χ0n) is 6.62. The predicted octanol–water partition coefficient (Wildman–Crippen LogP) is -0.360. The lowest BCUT2D eigenvalue weighted by atomic mass is 10.4. The quantitative estimate of drug-likeness (QED) is 0.568. The first-order valence-corrected chi connectivity index (χ1v) is 6.22. The lowest BCUT2D eigenvalue weighted by molar-refractivity contribution is 0.477. The van der Waals surface area contributed by atoms with Crippen molar-refractivity contribution in [3.63, 3.8) is 0 Å². The van der Waals surface area contributed by atoms with Crippen molar-refractivity contribution >= 4 is 32.6 Å². The largest absolute Gasteiger partial charge is 0.329 e. The molecule has 0 aliphatic rings. The Hall–Kier alpha value is 0.600. The zero-order chi connectivity index (χ0) is 9.07. The van der Waals surface area contributed by atoms with Gasteiger partial charge in [-0.05, 0) is 0 Å². The molecule has 1 atom stereocenters. The van der Waals surface area contributed by atoms with Gasteiger partial charge < -0.3 is 5.73 Å². The molecule has 0 heterocycles. The van der Waals surface area contributed by atoms with Crippen molar-refractivity contribution in [1.82, 2.24) is 4.31 Å². The van der Waals surface area contributed by atoms with E-state index >= 15 is 0 Å². The van der Waals surface area contributed by atoms with Crippen molar-refractivity contribution in [3.8, 4) is 0 Å². The fourth-order valence-electron chi connectivity index (χ4n) is 0.489. The van der Waals surface area contributed by atoms with Gasteiger partial charge in [-0.2, -0.15) is 0 Å². The minimum absolute atomic E-state index is 0.187. The van der Waals surface area contributed by atoms with E-state index in [2.05, 4.69) is 22.6 Å². The van der Waals surface area contributed by atoms with E-state index in [9.17, 15) is 8.42 Å². The molecule has 0 fully saturated rings. The highest BCUT2D eigenvalue weighted by atomic mass is 127. The second kappa shape index (κ2) is 4.58. The van der Waals surface area contributed by atoms with Crippen LogP contribution in [0.25, 0.3) is 0 Å². The maximum Gasteiger partial charge on any atom is 0.210 e. The fourth-order valence-corrected chi connectivity index (χ4v) is 1.80. The van der Waals surface area contributed by atoms with Crippen LogP contribution in [-0.4, -0.2) is 43.0 Å². The fraction of sp³-hybridized carbons (Fsp3) is 1.00. The van der Waals surface area contributed by atoms with Crippen LogP contribution >= 0.6 is 22.6 Å². The number of halogens is 1. The molecule has 0 saturated heterocycles. The number of rotatable bonds is 4. The van der Waals surface area contributed by atoms with E-state index in [0.29, 0.717) is 13.1 Å². The molecular formula is C5H13IN2O2S. The third-order valence-corrected chi connectivity index (χ3v) is 3.46. The average molecular weight is 292 g/mol. The van der Waals surface area contributed by atoms with Crippen LogP contribution in [-0.2, 0) is 10.0 Å². The molecule has 6 heteroatoms. The summed E-state index contributed by atoms with van der Waals surface area (Å²) in [6, 6.07) is 0. The molecule has 4 nitrogen and oxygen atoms in total. The lowest BCUT2D eigenvalue weighted by Crippen LogP contribution is -2.34. The molecule has 2 N–H and O–H groups in total. The number of nitrogens with two attached hydrogens (primary N) is 1. The molecule has 0 aliphatic carbocycles. The Bertz CT molecular complexity index is 205. The van der Waals surface area contributed by atoms with E-state index < -0.39 is 10.0 Å². The Morgan fingerprint density at radius 1 is 1.64 bits per heavy atom. The van der Waals surface area contributed by atoms with Crippen molar-refractivity contribution in [2.45, 2.75) is 3.92 Å². The van der Waals surface area contributed by atoms with Crippen LogP contribution < -0.4 is 5.73 Å². The second-order valence-corrected chi connectivity index (χ2v) is 6.23. The van der Waals surface area contributed by atoms with Gasteiger partial charge in [0.1, 0.15) is 0 Å². The minimum Gasteiger partial charge on any atom is -0.329 e. The molecule has 0 aromatic carbocycles. The molecule has 0 aromatic heterocycles. The standard InChI is InChI=1S/C5H13IN2O2S/c1-8(11(2,9)10)4-5(6)3-7/h5H,3-4,7H2,1-2H3/t5-/m1/s1. The number of nitrogens with zero attached hydrogens (tertiary/aromatic N) is 1. The third kappa shape index (κ3) is 4.94. The first-order valence-electron chi connectivity index (χ1n) is 3.13. The van der Waals surface area contributed by atoms with E-state index in [0.717, 1.165) is 0 Å². The highest BCUT2D eigenvalue weighted by molar-refractivity contribution is 14.1. The smallest absolute Gasteiger partial charge is 0.210 e. The van der Waals surface area contributed by atoms with Crippen molar-refractivity contribution in [3.05, 3.63) is 0 Å². The van der Waals surface area contributed by atoms with E-state index in [1.807, 2.05) is 0 Å². The molecule has 0 rings (SSSR count). The summed E-state index contributed by atoms with van der Waals surface area (Å²) in [5.41, 5.74) is 5.33. The summed E-state index contributed by atoms with van der Waals surface area (Å²) in [7, 11) is -1.48. The number of sulfonamides is 1. The summed E-state index contributed by atoms with van der Waals surface area (Å²) in [4.78, 5) is 0. The van der Waals surface area contributed by atoms with Gasteiger partial charge >= 0.3 is 0 Å². The number of hydrogen-bond acceptors (Lipinski definition) is 3.